The summed E-state index contributed by atoms with van der Waals surface area (Å²) in [6.45, 7) is 5.92. The van der Waals surface area contributed by atoms with E-state index in [2.05, 4.69) is 20.6 Å². The third-order valence-corrected chi connectivity index (χ3v) is 5.35. The monoisotopic (exact) mass is 428 g/mol. The smallest absolute Gasteiger partial charge is 0.319 e. The van der Waals surface area contributed by atoms with Gasteiger partial charge in [0, 0.05) is 10.9 Å². The minimum absolute atomic E-state index is 0.0233. The lowest BCUT2D eigenvalue weighted by Crippen LogP contribution is -2.35. The van der Waals surface area contributed by atoms with Crippen molar-refractivity contribution < 1.29 is 23.4 Å². The molecule has 0 unspecified atom stereocenters. The second-order valence-corrected chi connectivity index (χ2v) is 8.32. The Bertz CT molecular complexity index is 1090. The number of fused-ring (bicyclic) bond motifs is 1. The number of anilines is 1. The fourth-order valence-electron chi connectivity index (χ4n) is 3.29. The number of hydrogen-bond donors (Lipinski definition) is 3. The first-order chi connectivity index (χ1) is 14.7. The number of nitrogens with zero attached hydrogens (tertiary/aromatic N) is 2. The van der Waals surface area contributed by atoms with Crippen LogP contribution in [0.1, 0.15) is 44.1 Å². The van der Waals surface area contributed by atoms with Crippen LogP contribution in [0.3, 0.4) is 0 Å². The van der Waals surface area contributed by atoms with Crippen molar-refractivity contribution in [2.45, 2.75) is 45.3 Å². The summed E-state index contributed by atoms with van der Waals surface area (Å²) >= 11 is 0. The van der Waals surface area contributed by atoms with Crippen molar-refractivity contribution in [2.75, 3.05) is 11.9 Å². The lowest BCUT2D eigenvalue weighted by Gasteiger charge is -2.21. The van der Waals surface area contributed by atoms with E-state index in [1.54, 1.807) is 6.07 Å². The predicted octanol–water partition coefficient (Wildman–Crippen LogP) is 4.09. The van der Waals surface area contributed by atoms with Crippen molar-refractivity contribution in [3.05, 3.63) is 47.7 Å². The molecule has 2 heterocycles. The van der Waals surface area contributed by atoms with Crippen LogP contribution in [0.2, 0.25) is 0 Å². The first-order valence-corrected chi connectivity index (χ1v) is 10.2. The van der Waals surface area contributed by atoms with Gasteiger partial charge in [-0.2, -0.15) is 0 Å². The number of benzene rings is 1. The molecule has 2 amide bonds. The molecule has 1 aliphatic carbocycles. The minimum atomic E-state index is -0.757. The van der Waals surface area contributed by atoms with Gasteiger partial charge in [0.05, 0.1) is 29.7 Å². The van der Waals surface area contributed by atoms with E-state index in [4.69, 9.17) is 9.15 Å². The molecule has 0 aliphatic heterocycles. The van der Waals surface area contributed by atoms with Crippen LogP contribution in [-0.2, 0) is 0 Å². The topological polar surface area (TPSA) is 110 Å². The van der Waals surface area contributed by atoms with Gasteiger partial charge in [-0.15, -0.1) is 0 Å². The van der Waals surface area contributed by atoms with Crippen LogP contribution in [0.15, 0.2) is 35.0 Å². The van der Waals surface area contributed by atoms with Crippen LogP contribution in [-0.4, -0.2) is 33.3 Å². The normalized spacial score (nSPS) is 15.7. The first kappa shape index (κ1) is 21.0. The zero-order valence-electron chi connectivity index (χ0n) is 17.6. The van der Waals surface area contributed by atoms with Crippen molar-refractivity contribution in [1.82, 2.24) is 15.3 Å². The van der Waals surface area contributed by atoms with Crippen molar-refractivity contribution >= 4 is 22.7 Å². The Morgan fingerprint density at radius 3 is 2.68 bits per heavy atom. The number of aryl methyl sites for hydroxylation is 1. The molecule has 1 fully saturated rings. The van der Waals surface area contributed by atoms with Gasteiger partial charge in [-0.05, 0) is 43.9 Å². The fraction of sp³-hybridized carbons (Fsp3) is 0.409. The molecule has 8 nitrogen and oxygen atoms in total. The molecule has 0 radical (unpaired) electrons. The van der Waals surface area contributed by atoms with Crippen LogP contribution in [0, 0.1) is 18.7 Å². The van der Waals surface area contributed by atoms with Crippen LogP contribution in [0.4, 0.5) is 14.9 Å². The molecule has 9 heteroatoms. The molecular formula is C22H25FN4O4. The van der Waals surface area contributed by atoms with Crippen molar-refractivity contribution in [3.8, 4) is 6.01 Å². The summed E-state index contributed by atoms with van der Waals surface area (Å²) < 4.78 is 24.9. The Labute approximate surface area is 178 Å². The summed E-state index contributed by atoms with van der Waals surface area (Å²) in [5.41, 5.74) is 0.991. The number of amides is 2. The predicted molar refractivity (Wildman–Crippen MR) is 112 cm³/mol. The molecule has 4 rings (SSSR count). The van der Waals surface area contributed by atoms with Crippen molar-refractivity contribution in [2.24, 2.45) is 5.92 Å². The van der Waals surface area contributed by atoms with Gasteiger partial charge >= 0.3 is 12.0 Å². The fourth-order valence-corrected chi connectivity index (χ4v) is 3.29. The van der Waals surface area contributed by atoms with Gasteiger partial charge in [0.1, 0.15) is 23.8 Å². The summed E-state index contributed by atoms with van der Waals surface area (Å²) in [6, 6.07) is 3.63. The van der Waals surface area contributed by atoms with E-state index in [1.807, 2.05) is 20.8 Å². The van der Waals surface area contributed by atoms with Gasteiger partial charge in [0.25, 0.3) is 0 Å². The number of carbonyl (C=O) groups excluding carboxylic acids is 1. The largest absolute Gasteiger partial charge is 0.460 e. The molecule has 1 aromatic carbocycles. The second kappa shape index (κ2) is 8.14. The highest BCUT2D eigenvalue weighted by molar-refractivity contribution is 5.89. The highest BCUT2D eigenvalue weighted by atomic mass is 19.1. The van der Waals surface area contributed by atoms with Gasteiger partial charge in [-0.1, -0.05) is 13.8 Å². The van der Waals surface area contributed by atoms with Crippen molar-refractivity contribution in [3.63, 3.8) is 0 Å². The van der Waals surface area contributed by atoms with E-state index in [0.29, 0.717) is 35.3 Å². The van der Waals surface area contributed by atoms with E-state index in [1.165, 1.54) is 24.5 Å². The number of hydrogen-bond acceptors (Lipinski definition) is 6. The number of rotatable bonds is 7. The molecule has 0 bridgehead atoms. The number of carbonyl (C=O) groups is 1. The Balaban J connectivity index is 1.43. The number of aromatic nitrogens is 2. The average molecular weight is 428 g/mol. The zero-order chi connectivity index (χ0) is 22.2. The molecule has 2 aromatic heterocycles. The third kappa shape index (κ3) is 4.77. The number of ether oxygens (including phenoxy) is 1. The maximum absolute atomic E-state index is 13.6. The molecule has 1 atom stereocenters. The summed E-state index contributed by atoms with van der Waals surface area (Å²) in [6.07, 6.45) is 4.28. The van der Waals surface area contributed by atoms with Gasteiger partial charge in [0.2, 0.25) is 0 Å². The SMILES string of the molecule is Cc1c([C@@H](NC(=O)Nc2cnc(OCC3(O)CC3)nc2)C(C)C)oc2ccc(F)cc12. The van der Waals surface area contributed by atoms with Crippen LogP contribution in [0.5, 0.6) is 6.01 Å². The molecule has 3 aromatic rings. The van der Waals surface area contributed by atoms with E-state index in [0.717, 1.165) is 5.56 Å². The highest BCUT2D eigenvalue weighted by Crippen LogP contribution is 2.35. The van der Waals surface area contributed by atoms with Crippen LogP contribution in [0.25, 0.3) is 11.0 Å². The molecule has 0 spiro atoms. The lowest BCUT2D eigenvalue weighted by atomic mass is 9.98. The summed E-state index contributed by atoms with van der Waals surface area (Å²) in [7, 11) is 0. The molecule has 0 saturated heterocycles. The first-order valence-electron chi connectivity index (χ1n) is 10.2. The minimum Gasteiger partial charge on any atom is -0.460 e. The molecule has 31 heavy (non-hydrogen) atoms. The average Bonchev–Trinajstić information content (AvgIpc) is 3.39. The molecule has 3 N–H and O–H groups in total. The van der Waals surface area contributed by atoms with Crippen molar-refractivity contribution in [1.29, 1.82) is 0 Å². The summed E-state index contributed by atoms with van der Waals surface area (Å²) in [4.78, 5) is 20.7. The molecule has 1 aliphatic rings. The number of nitrogens with one attached hydrogen (secondary N) is 2. The van der Waals surface area contributed by atoms with E-state index < -0.39 is 17.7 Å². The molecular weight excluding hydrogens is 403 g/mol. The number of aliphatic hydroxyl groups is 1. The zero-order valence-corrected chi connectivity index (χ0v) is 17.6. The molecule has 164 valence electrons. The Morgan fingerprint density at radius 1 is 1.32 bits per heavy atom. The maximum atomic E-state index is 13.6. The third-order valence-electron chi connectivity index (χ3n) is 5.35. The Morgan fingerprint density at radius 2 is 2.03 bits per heavy atom. The van der Waals surface area contributed by atoms with Gasteiger partial charge in [-0.25, -0.2) is 19.2 Å². The standard InChI is InChI=1S/C22H25FN4O4/c1-12(2)18(19-13(3)16-8-14(23)4-5-17(16)31-19)27-20(28)26-15-9-24-21(25-10-15)30-11-22(29)6-7-22/h4-5,8-10,12,18,29H,6-7,11H2,1-3H3,(H2,26,27,28)/t18-/m0/s1. The van der Waals surface area contributed by atoms with Gasteiger partial charge in [-0.3, -0.25) is 0 Å². The van der Waals surface area contributed by atoms with Crippen LogP contribution >= 0.6 is 0 Å². The number of urea groups is 1. The number of furan rings is 1. The van der Waals surface area contributed by atoms with Gasteiger partial charge in [0.15, 0.2) is 0 Å². The lowest BCUT2D eigenvalue weighted by molar-refractivity contribution is 0.0808. The van der Waals surface area contributed by atoms with E-state index in [9.17, 15) is 14.3 Å². The summed E-state index contributed by atoms with van der Waals surface area (Å²) in [5, 5.41) is 16.1. The quantitative estimate of drug-likeness (QED) is 0.523. The second-order valence-electron chi connectivity index (χ2n) is 8.32. The van der Waals surface area contributed by atoms with Crippen LogP contribution < -0.4 is 15.4 Å². The molecule has 1 saturated carbocycles. The summed E-state index contributed by atoms with van der Waals surface area (Å²) in [5.74, 6) is 0.271. The van der Waals surface area contributed by atoms with E-state index >= 15 is 0 Å². The Kier molecular flexibility index (Phi) is 5.53. The van der Waals surface area contributed by atoms with Gasteiger partial charge < -0.3 is 24.9 Å². The maximum Gasteiger partial charge on any atom is 0.319 e. The van der Waals surface area contributed by atoms with E-state index in [-0.39, 0.29) is 24.4 Å². The number of halogens is 1. The Hall–Kier alpha value is -3.20. The highest BCUT2D eigenvalue weighted by Gasteiger charge is 2.41.